The lowest BCUT2D eigenvalue weighted by molar-refractivity contribution is -0.193. The van der Waals surface area contributed by atoms with Crippen molar-refractivity contribution in [3.8, 4) is 0 Å². The van der Waals surface area contributed by atoms with E-state index in [1.165, 1.54) is 19.7 Å². The van der Waals surface area contributed by atoms with Gasteiger partial charge >= 0.3 is 33.9 Å². The Hall–Kier alpha value is -6.32. The maximum absolute atomic E-state index is 12.9. The van der Waals surface area contributed by atoms with Gasteiger partial charge in [0.05, 0.1) is 22.4 Å². The van der Waals surface area contributed by atoms with Gasteiger partial charge < -0.3 is 4.74 Å². The van der Waals surface area contributed by atoms with Crippen LogP contribution in [0.15, 0.2) is 106 Å². The third-order valence-corrected chi connectivity index (χ3v) is 12.9. The summed E-state index contributed by atoms with van der Waals surface area (Å²) in [5.74, 6) is 0.197. The molecule has 0 radical (unpaired) electrons. The third kappa shape index (κ3) is 12.6. The zero-order valence-corrected chi connectivity index (χ0v) is 35.8. The number of benzene rings is 3. The van der Waals surface area contributed by atoms with Crippen molar-refractivity contribution >= 4 is 59.5 Å². The number of hydrogen-bond acceptors (Lipinski definition) is 15. The van der Waals surface area contributed by atoms with E-state index in [0.29, 0.717) is 22.9 Å². The fraction of sp³-hybridized carbons (Fsp3) is 0.300. The first-order chi connectivity index (χ1) is 28.3. The van der Waals surface area contributed by atoms with E-state index in [1.807, 2.05) is 64.1 Å². The number of hydrogen-bond donors (Lipinski definition) is 0. The predicted molar refractivity (Wildman–Crippen MR) is 204 cm³/mol. The van der Waals surface area contributed by atoms with E-state index in [-0.39, 0.29) is 42.2 Å². The van der Waals surface area contributed by atoms with Gasteiger partial charge in [-0.15, -0.1) is 0 Å². The van der Waals surface area contributed by atoms with Crippen LogP contribution >= 0.6 is 0 Å². The molecule has 3 aromatic rings. The summed E-state index contributed by atoms with van der Waals surface area (Å²) >= 11 is 0. The highest BCUT2D eigenvalue weighted by atomic mass is 32.2. The molecule has 2 bridgehead atoms. The van der Waals surface area contributed by atoms with Crippen molar-refractivity contribution < 1.29 is 68.9 Å². The monoisotopic (exact) mass is 880 g/mol. The van der Waals surface area contributed by atoms with Crippen LogP contribution < -0.4 is 0 Å². The molecule has 17 nitrogen and oxygen atoms in total. The fourth-order valence-electron chi connectivity index (χ4n) is 7.19. The Bertz CT molecular complexity index is 2400. The Morgan fingerprint density at radius 1 is 0.633 bits per heavy atom. The van der Waals surface area contributed by atoms with E-state index in [1.54, 1.807) is 36.7 Å². The number of nitrogens with zero attached hydrogens (tertiary/aromatic N) is 2. The molecule has 3 aromatic carbocycles. The molecule has 1 saturated heterocycles. The second-order valence-electron chi connectivity index (χ2n) is 13.1. The molecule has 3 unspecified atom stereocenters. The minimum Gasteiger partial charge on any atom is -0.359 e. The van der Waals surface area contributed by atoms with Gasteiger partial charge in [-0.3, -0.25) is 17.5 Å². The first-order valence-corrected chi connectivity index (χ1v) is 21.0. The molecule has 0 N–H and O–H groups in total. The van der Waals surface area contributed by atoms with Crippen molar-refractivity contribution in [3.63, 3.8) is 0 Å². The molecule has 4 aliphatic heterocycles. The number of sulfonamides is 2. The molecule has 0 amide bonds. The van der Waals surface area contributed by atoms with E-state index in [9.17, 15) is 16.8 Å². The minimum atomic E-state index is -3.51. The zero-order valence-electron chi connectivity index (χ0n) is 33.2. The predicted octanol–water partition coefficient (Wildman–Crippen LogP) is 3.92. The summed E-state index contributed by atoms with van der Waals surface area (Å²) in [5.41, 5.74) is 8.31. The quantitative estimate of drug-likeness (QED) is 0.266. The topological polar surface area (TPSA) is 255 Å². The number of ether oxygens (including phenoxy) is 1. The van der Waals surface area contributed by atoms with Crippen LogP contribution in [-0.2, 0) is 78.6 Å². The second kappa shape index (κ2) is 23.9. The van der Waals surface area contributed by atoms with E-state index >= 15 is 0 Å². The van der Waals surface area contributed by atoms with Crippen molar-refractivity contribution in [1.82, 2.24) is 8.61 Å². The highest BCUT2D eigenvalue weighted by molar-refractivity contribution is 7.89. The molecule has 1 fully saturated rings. The van der Waals surface area contributed by atoms with E-state index in [0.717, 1.165) is 39.8 Å². The maximum Gasteiger partial charge on any atom is 0.549 e. The van der Waals surface area contributed by atoms with Crippen LogP contribution in [0.5, 0.6) is 0 Å². The summed E-state index contributed by atoms with van der Waals surface area (Å²) in [6.07, 6.45) is 7.70. The summed E-state index contributed by atoms with van der Waals surface area (Å²) in [4.78, 5) is 65.7. The summed E-state index contributed by atoms with van der Waals surface area (Å²) < 4.78 is 77.5. The first kappa shape index (κ1) is 51.7. The lowest BCUT2D eigenvalue weighted by Gasteiger charge is -2.42. The fourth-order valence-corrected chi connectivity index (χ4v) is 9.97. The van der Waals surface area contributed by atoms with Gasteiger partial charge in [-0.1, -0.05) is 59.7 Å². The summed E-state index contributed by atoms with van der Waals surface area (Å²) in [5, 5.41) is 0. The molecule has 0 aliphatic carbocycles. The molecule has 4 heterocycles. The number of carbonyl (C=O) groups excluding carboxylic acids is 8. The standard InChI is InChI=1S/C18H21NO3S.C18H19NO2S.4CO2.O2Si/c1-12-4-6-17(7-5-12)23(20,21)19-10-14(3)18-13(2)8-16(22-18)9-15(18)11-19;1-13-7-9-17(10-8-13)22(20,21)19-11-15(3)18-14(2)5-4-6-16(18)12-19;4*2-1-3;1-3-2/h4-8,10,15-16H,9,11H2,1-3H3;4-11H,12H2,1-3H3;;;;;. The lowest BCUT2D eigenvalue weighted by Crippen LogP contribution is -2.48. The molecule has 0 aromatic heterocycles. The molecule has 4 aliphatic rings. The molecular formula is C40H40N2O15S2Si. The Labute approximate surface area is 348 Å². The van der Waals surface area contributed by atoms with Crippen LogP contribution in [0.25, 0.3) is 5.57 Å². The van der Waals surface area contributed by atoms with Gasteiger partial charge in [0.25, 0.3) is 20.0 Å². The molecule has 0 saturated carbocycles. The normalized spacial score (nSPS) is 18.5. The lowest BCUT2D eigenvalue weighted by atomic mass is 9.72. The van der Waals surface area contributed by atoms with Crippen molar-refractivity contribution in [3.05, 3.63) is 124 Å². The molecule has 7 rings (SSSR count). The Kier molecular flexibility index (Phi) is 20.6. The van der Waals surface area contributed by atoms with Gasteiger partial charge in [0, 0.05) is 24.9 Å². The van der Waals surface area contributed by atoms with Crippen molar-refractivity contribution in [2.45, 2.75) is 76.0 Å². The Morgan fingerprint density at radius 2 is 1.07 bits per heavy atom. The van der Waals surface area contributed by atoms with Crippen LogP contribution in [0.2, 0.25) is 0 Å². The molecule has 1 spiro atoms. The van der Waals surface area contributed by atoms with Gasteiger partial charge in [-0.25, -0.2) is 16.8 Å². The maximum atomic E-state index is 12.9. The van der Waals surface area contributed by atoms with Gasteiger partial charge in [-0.05, 0) is 106 Å². The van der Waals surface area contributed by atoms with Crippen LogP contribution in [-0.4, -0.2) is 77.6 Å². The first-order valence-electron chi connectivity index (χ1n) is 17.3. The van der Waals surface area contributed by atoms with Gasteiger partial charge in [0.2, 0.25) is 0 Å². The van der Waals surface area contributed by atoms with Crippen LogP contribution in [0, 0.1) is 26.7 Å². The largest absolute Gasteiger partial charge is 0.549 e. The molecular weight excluding hydrogens is 841 g/mol. The number of aryl methyl sites for hydroxylation is 3. The number of allylic oxidation sites excluding steroid dienone is 1. The van der Waals surface area contributed by atoms with Gasteiger partial charge in [-0.2, -0.15) is 38.4 Å². The zero-order chi connectivity index (χ0) is 45.8. The van der Waals surface area contributed by atoms with Gasteiger partial charge in [0.1, 0.15) is 5.60 Å². The summed E-state index contributed by atoms with van der Waals surface area (Å²) in [7, 11) is -8.43. The Morgan fingerprint density at radius 3 is 1.50 bits per heavy atom. The van der Waals surface area contributed by atoms with Crippen molar-refractivity contribution in [2.24, 2.45) is 5.92 Å². The van der Waals surface area contributed by atoms with Crippen LogP contribution in [0.3, 0.4) is 0 Å². The van der Waals surface area contributed by atoms with Crippen LogP contribution in [0.1, 0.15) is 55.0 Å². The minimum absolute atomic E-state index is 0.130. The molecule has 20 heteroatoms. The summed E-state index contributed by atoms with van der Waals surface area (Å²) in [6.45, 7) is 12.8. The van der Waals surface area contributed by atoms with Crippen LogP contribution in [0.4, 0.5) is 0 Å². The molecule has 3 atom stereocenters. The smallest absolute Gasteiger partial charge is 0.359 e. The third-order valence-electron chi connectivity index (χ3n) is 9.45. The van der Waals surface area contributed by atoms with Crippen molar-refractivity contribution in [2.75, 3.05) is 6.54 Å². The highest BCUT2D eigenvalue weighted by Gasteiger charge is 2.57. The number of rotatable bonds is 4. The van der Waals surface area contributed by atoms with Crippen molar-refractivity contribution in [1.29, 1.82) is 0 Å². The highest BCUT2D eigenvalue weighted by Crippen LogP contribution is 2.54. The Balaban J connectivity index is 0.000000453. The molecule has 60 heavy (non-hydrogen) atoms. The van der Waals surface area contributed by atoms with Gasteiger partial charge in [0.15, 0.2) is 0 Å². The van der Waals surface area contributed by atoms with E-state index < -0.39 is 29.3 Å². The number of fused-ring (bicyclic) bond motifs is 2. The SMILES string of the molecule is CC1=CC2CC3CN(S(=O)(=O)c4ccc(C)cc4)C=C(C)C13O2.CC1=CN(S(=O)(=O)c2ccc(C)cc2)Cc2cccc(C)c21.O=C=O.O=C=O.O=C=O.O=C=O.O=[Si]=O. The average molecular weight is 881 g/mol. The molecule has 316 valence electrons. The second-order valence-corrected chi connectivity index (χ2v) is 17.0. The summed E-state index contributed by atoms with van der Waals surface area (Å²) in [6, 6.07) is 20.0. The van der Waals surface area contributed by atoms with E-state index in [2.05, 4.69) is 26.0 Å². The average Bonchev–Trinajstić information content (AvgIpc) is 3.72. The van der Waals surface area contributed by atoms with E-state index in [4.69, 9.17) is 52.0 Å².